The molecule has 2 rings (SSSR count). The van der Waals surface area contributed by atoms with Crippen molar-refractivity contribution in [2.24, 2.45) is 5.41 Å². The van der Waals surface area contributed by atoms with Crippen molar-refractivity contribution in [2.45, 2.75) is 61.7 Å². The van der Waals surface area contributed by atoms with Crippen LogP contribution in [-0.2, 0) is 0 Å². The van der Waals surface area contributed by atoms with Gasteiger partial charge < -0.3 is 10.2 Å². The Kier molecular flexibility index (Phi) is 5.16. The molecule has 3 heteroatoms. The minimum atomic E-state index is -0.495. The van der Waals surface area contributed by atoms with Crippen molar-refractivity contribution >= 4 is 11.8 Å². The quantitative estimate of drug-likeness (QED) is 0.866. The number of benzene rings is 1. The van der Waals surface area contributed by atoms with E-state index in [0.717, 1.165) is 12.8 Å². The zero-order chi connectivity index (χ0) is 14.6. The first kappa shape index (κ1) is 15.9. The van der Waals surface area contributed by atoms with E-state index in [9.17, 15) is 10.2 Å². The van der Waals surface area contributed by atoms with Crippen LogP contribution < -0.4 is 0 Å². The van der Waals surface area contributed by atoms with Gasteiger partial charge in [-0.15, -0.1) is 11.8 Å². The van der Waals surface area contributed by atoms with E-state index < -0.39 is 11.5 Å². The van der Waals surface area contributed by atoms with Crippen molar-refractivity contribution in [1.82, 2.24) is 0 Å². The SMILES string of the molecule is CC(C)(CO)C(O)C1(Sc2ccccc2)CCCCC1. The number of aliphatic hydroxyl groups excluding tert-OH is 2. The molecule has 1 aliphatic rings. The minimum Gasteiger partial charge on any atom is -0.396 e. The summed E-state index contributed by atoms with van der Waals surface area (Å²) in [5.41, 5.74) is -0.459. The largest absolute Gasteiger partial charge is 0.396 e. The lowest BCUT2D eigenvalue weighted by atomic mass is 9.73. The summed E-state index contributed by atoms with van der Waals surface area (Å²) in [5, 5.41) is 20.5. The highest BCUT2D eigenvalue weighted by atomic mass is 32.2. The van der Waals surface area contributed by atoms with Crippen LogP contribution in [0.3, 0.4) is 0 Å². The molecule has 0 bridgehead atoms. The third kappa shape index (κ3) is 3.38. The Labute approximate surface area is 126 Å². The Balaban J connectivity index is 2.26. The van der Waals surface area contributed by atoms with Crippen LogP contribution >= 0.6 is 11.8 Å². The smallest absolute Gasteiger partial charge is 0.0763 e. The van der Waals surface area contributed by atoms with Crippen LogP contribution in [0.25, 0.3) is 0 Å². The maximum atomic E-state index is 10.9. The van der Waals surface area contributed by atoms with Crippen LogP contribution in [0.4, 0.5) is 0 Å². The summed E-state index contributed by atoms with van der Waals surface area (Å²) in [5.74, 6) is 0. The van der Waals surface area contributed by atoms with Crippen molar-refractivity contribution in [3.05, 3.63) is 30.3 Å². The second kappa shape index (κ2) is 6.50. The summed E-state index contributed by atoms with van der Waals surface area (Å²) in [4.78, 5) is 1.21. The first-order valence-electron chi connectivity index (χ1n) is 7.53. The summed E-state index contributed by atoms with van der Waals surface area (Å²) in [6.07, 6.45) is 5.14. The molecule has 0 saturated heterocycles. The summed E-state index contributed by atoms with van der Waals surface area (Å²) in [6.45, 7) is 3.93. The highest BCUT2D eigenvalue weighted by Gasteiger charge is 2.46. The average Bonchev–Trinajstić information content (AvgIpc) is 2.48. The fourth-order valence-corrected chi connectivity index (χ4v) is 4.79. The summed E-state index contributed by atoms with van der Waals surface area (Å²) >= 11 is 1.80. The zero-order valence-corrected chi connectivity index (χ0v) is 13.3. The van der Waals surface area contributed by atoms with Crippen molar-refractivity contribution in [3.63, 3.8) is 0 Å². The van der Waals surface area contributed by atoms with Crippen LogP contribution in [0, 0.1) is 5.41 Å². The van der Waals surface area contributed by atoms with Crippen LogP contribution in [0.2, 0.25) is 0 Å². The first-order chi connectivity index (χ1) is 9.50. The van der Waals surface area contributed by atoms with Gasteiger partial charge in [0.15, 0.2) is 0 Å². The standard InChI is InChI=1S/C17H26O2S/c1-16(2,13-18)15(19)17(11-7-4-8-12-17)20-14-9-5-3-6-10-14/h3,5-6,9-10,15,18-19H,4,7-8,11-13H2,1-2H3. The summed E-state index contributed by atoms with van der Waals surface area (Å²) < 4.78 is -0.161. The monoisotopic (exact) mass is 294 g/mol. The van der Waals surface area contributed by atoms with Crippen molar-refractivity contribution < 1.29 is 10.2 Å². The molecule has 1 fully saturated rings. The predicted octanol–water partition coefficient (Wildman–Crippen LogP) is 3.86. The third-order valence-corrected chi connectivity index (χ3v) is 5.96. The molecule has 1 saturated carbocycles. The van der Waals surface area contributed by atoms with Gasteiger partial charge in [0.25, 0.3) is 0 Å². The van der Waals surface area contributed by atoms with Crippen LogP contribution in [0.1, 0.15) is 46.0 Å². The number of aliphatic hydroxyl groups is 2. The van der Waals surface area contributed by atoms with Crippen LogP contribution in [0.5, 0.6) is 0 Å². The number of hydrogen-bond donors (Lipinski definition) is 2. The van der Waals surface area contributed by atoms with Crippen molar-refractivity contribution in [2.75, 3.05) is 6.61 Å². The Bertz CT molecular complexity index is 410. The maximum absolute atomic E-state index is 10.9. The van der Waals surface area contributed by atoms with Gasteiger partial charge in [0.1, 0.15) is 0 Å². The van der Waals surface area contributed by atoms with E-state index in [1.807, 2.05) is 32.0 Å². The normalized spacial score (nSPS) is 20.6. The van der Waals surface area contributed by atoms with E-state index in [-0.39, 0.29) is 11.4 Å². The highest BCUT2D eigenvalue weighted by Crippen LogP contribution is 2.50. The van der Waals surface area contributed by atoms with Gasteiger partial charge in [-0.25, -0.2) is 0 Å². The fourth-order valence-electron chi connectivity index (χ4n) is 3.10. The third-order valence-electron chi connectivity index (χ3n) is 4.41. The lowest BCUT2D eigenvalue weighted by Gasteiger charge is -2.46. The number of hydrogen-bond acceptors (Lipinski definition) is 3. The Morgan fingerprint density at radius 3 is 2.30 bits per heavy atom. The molecule has 0 amide bonds. The molecule has 0 heterocycles. The second-order valence-corrected chi connectivity index (χ2v) is 8.08. The predicted molar refractivity (Wildman–Crippen MR) is 85.0 cm³/mol. The molecule has 1 aliphatic carbocycles. The highest BCUT2D eigenvalue weighted by molar-refractivity contribution is 8.00. The van der Waals surface area contributed by atoms with Gasteiger partial charge in [0, 0.05) is 15.1 Å². The first-order valence-corrected chi connectivity index (χ1v) is 8.35. The van der Waals surface area contributed by atoms with Gasteiger partial charge in [-0.05, 0) is 25.0 Å². The lowest BCUT2D eigenvalue weighted by molar-refractivity contribution is -0.0259. The molecule has 112 valence electrons. The number of rotatable bonds is 5. The van der Waals surface area contributed by atoms with Gasteiger partial charge >= 0.3 is 0 Å². The van der Waals surface area contributed by atoms with E-state index in [0.29, 0.717) is 0 Å². The molecule has 0 aliphatic heterocycles. The molecule has 2 nitrogen and oxygen atoms in total. The van der Waals surface area contributed by atoms with E-state index in [4.69, 9.17) is 0 Å². The molecule has 0 spiro atoms. The molecule has 1 unspecified atom stereocenters. The summed E-state index contributed by atoms with van der Waals surface area (Å²) in [6, 6.07) is 10.3. The Morgan fingerprint density at radius 2 is 1.75 bits per heavy atom. The molecule has 1 aromatic carbocycles. The van der Waals surface area contributed by atoms with E-state index >= 15 is 0 Å². The van der Waals surface area contributed by atoms with Crippen molar-refractivity contribution in [1.29, 1.82) is 0 Å². The van der Waals surface area contributed by atoms with E-state index in [2.05, 4.69) is 12.1 Å². The fraction of sp³-hybridized carbons (Fsp3) is 0.647. The van der Waals surface area contributed by atoms with Gasteiger partial charge in [0.2, 0.25) is 0 Å². The van der Waals surface area contributed by atoms with E-state index in [1.54, 1.807) is 11.8 Å². The molecular formula is C17H26O2S. The summed E-state index contributed by atoms with van der Waals surface area (Å²) in [7, 11) is 0. The van der Waals surface area contributed by atoms with E-state index in [1.165, 1.54) is 24.2 Å². The maximum Gasteiger partial charge on any atom is 0.0763 e. The van der Waals surface area contributed by atoms with Crippen LogP contribution in [0.15, 0.2) is 35.2 Å². The molecule has 1 atom stereocenters. The molecule has 1 aromatic rings. The second-order valence-electron chi connectivity index (χ2n) is 6.59. The van der Waals surface area contributed by atoms with Crippen LogP contribution in [-0.4, -0.2) is 27.7 Å². The van der Waals surface area contributed by atoms with Gasteiger partial charge in [0.05, 0.1) is 12.7 Å². The topological polar surface area (TPSA) is 40.5 Å². The van der Waals surface area contributed by atoms with Gasteiger partial charge in [-0.3, -0.25) is 0 Å². The Hall–Kier alpha value is -0.510. The number of thioether (sulfide) groups is 1. The van der Waals surface area contributed by atoms with Crippen molar-refractivity contribution in [3.8, 4) is 0 Å². The Morgan fingerprint density at radius 1 is 1.15 bits per heavy atom. The van der Waals surface area contributed by atoms with Gasteiger partial charge in [-0.1, -0.05) is 51.3 Å². The zero-order valence-electron chi connectivity index (χ0n) is 12.5. The molecule has 0 radical (unpaired) electrons. The molecule has 2 N–H and O–H groups in total. The van der Waals surface area contributed by atoms with Gasteiger partial charge in [-0.2, -0.15) is 0 Å². The molecule has 20 heavy (non-hydrogen) atoms. The lowest BCUT2D eigenvalue weighted by Crippen LogP contribution is -2.50. The molecular weight excluding hydrogens is 268 g/mol. The average molecular weight is 294 g/mol. The molecule has 0 aromatic heterocycles. The minimum absolute atomic E-state index is 0.0191.